The molecule has 1 aliphatic rings. The zero-order chi connectivity index (χ0) is 21.8. The molecule has 1 fully saturated rings. The number of rotatable bonds is 6. The van der Waals surface area contributed by atoms with Gasteiger partial charge in [-0.2, -0.15) is 4.98 Å². The predicted molar refractivity (Wildman–Crippen MR) is 115 cm³/mol. The average Bonchev–Trinajstić information content (AvgIpc) is 3.27. The molecule has 0 spiro atoms. The first kappa shape index (κ1) is 20.9. The highest BCUT2D eigenvalue weighted by Crippen LogP contribution is 2.24. The topological polar surface area (TPSA) is 87.4 Å². The van der Waals surface area contributed by atoms with Crippen molar-refractivity contribution in [2.75, 3.05) is 42.9 Å². The number of hydrogen-bond donors (Lipinski definition) is 1. The van der Waals surface area contributed by atoms with Gasteiger partial charge in [0, 0.05) is 43.9 Å². The molecule has 9 heteroatoms. The van der Waals surface area contributed by atoms with E-state index in [9.17, 15) is 9.18 Å². The van der Waals surface area contributed by atoms with Crippen LogP contribution < -0.4 is 10.2 Å². The van der Waals surface area contributed by atoms with E-state index in [-0.39, 0.29) is 24.1 Å². The number of benzene rings is 1. The normalized spacial score (nSPS) is 14.8. The van der Waals surface area contributed by atoms with E-state index in [2.05, 4.69) is 25.3 Å². The smallest absolute Gasteiger partial charge is 0.258 e. The lowest BCUT2D eigenvalue weighted by molar-refractivity contribution is -0.117. The maximum atomic E-state index is 13.7. The van der Waals surface area contributed by atoms with Crippen LogP contribution >= 0.6 is 0 Å². The van der Waals surface area contributed by atoms with Gasteiger partial charge in [0.1, 0.15) is 11.6 Å². The second-order valence-electron chi connectivity index (χ2n) is 7.81. The molecule has 3 aromatic rings. The highest BCUT2D eigenvalue weighted by atomic mass is 19.1. The van der Waals surface area contributed by atoms with Crippen LogP contribution in [-0.2, 0) is 4.79 Å². The van der Waals surface area contributed by atoms with Gasteiger partial charge in [-0.05, 0) is 24.3 Å². The van der Waals surface area contributed by atoms with Crippen molar-refractivity contribution in [3.8, 4) is 11.5 Å². The summed E-state index contributed by atoms with van der Waals surface area (Å²) in [4.78, 5) is 25.4. The maximum Gasteiger partial charge on any atom is 0.258 e. The molecule has 1 aliphatic heterocycles. The summed E-state index contributed by atoms with van der Waals surface area (Å²) in [6.45, 7) is 7.11. The van der Waals surface area contributed by atoms with E-state index in [0.29, 0.717) is 24.8 Å². The minimum absolute atomic E-state index is 0.197. The highest BCUT2D eigenvalue weighted by Gasteiger charge is 2.21. The van der Waals surface area contributed by atoms with Gasteiger partial charge in [-0.3, -0.25) is 9.69 Å². The molecule has 162 valence electrons. The van der Waals surface area contributed by atoms with Crippen LogP contribution in [0.5, 0.6) is 0 Å². The van der Waals surface area contributed by atoms with Gasteiger partial charge in [-0.15, -0.1) is 0 Å². The third-order valence-corrected chi connectivity index (χ3v) is 5.16. The molecule has 3 heterocycles. The van der Waals surface area contributed by atoms with Gasteiger partial charge in [-0.1, -0.05) is 31.1 Å². The number of halogens is 1. The Bertz CT molecular complexity index is 1050. The first-order chi connectivity index (χ1) is 15.0. The number of hydrogen-bond acceptors (Lipinski definition) is 7. The number of nitrogens with one attached hydrogen (secondary N) is 1. The van der Waals surface area contributed by atoms with Crippen LogP contribution in [0.25, 0.3) is 11.5 Å². The van der Waals surface area contributed by atoms with E-state index >= 15 is 0 Å². The minimum atomic E-state index is -0.437. The standard InChI is InChI=1S/C22H25FN6O2/c1-15(2)21-26-22(31-27-21)16-7-8-24-19(13-16)29-11-9-28(10-12-29)14-20(30)25-18-6-4-3-5-17(18)23/h3-8,13,15H,9-12,14H2,1-2H3,(H,25,30). The molecule has 0 atom stereocenters. The Morgan fingerprint density at radius 3 is 2.68 bits per heavy atom. The van der Waals surface area contributed by atoms with Crippen molar-refractivity contribution in [2.45, 2.75) is 19.8 Å². The summed E-state index contributed by atoms with van der Waals surface area (Å²) in [7, 11) is 0. The molecular weight excluding hydrogens is 399 g/mol. The fourth-order valence-corrected chi connectivity index (χ4v) is 3.40. The molecule has 4 rings (SSSR count). The van der Waals surface area contributed by atoms with Crippen molar-refractivity contribution in [2.24, 2.45) is 0 Å². The van der Waals surface area contributed by atoms with Crippen LogP contribution in [0.15, 0.2) is 47.1 Å². The van der Waals surface area contributed by atoms with Gasteiger partial charge >= 0.3 is 0 Å². The number of aromatic nitrogens is 3. The van der Waals surface area contributed by atoms with Crippen LogP contribution in [0.4, 0.5) is 15.9 Å². The van der Waals surface area contributed by atoms with Crippen molar-refractivity contribution >= 4 is 17.4 Å². The molecule has 0 unspecified atom stereocenters. The summed E-state index contributed by atoms with van der Waals surface area (Å²) in [5.74, 6) is 1.52. The van der Waals surface area contributed by atoms with Crippen molar-refractivity contribution in [1.29, 1.82) is 0 Å². The Morgan fingerprint density at radius 2 is 1.97 bits per heavy atom. The number of pyridine rings is 1. The largest absolute Gasteiger partial charge is 0.354 e. The van der Waals surface area contributed by atoms with E-state index in [4.69, 9.17) is 4.52 Å². The number of para-hydroxylation sites is 1. The van der Waals surface area contributed by atoms with E-state index < -0.39 is 5.82 Å². The number of carbonyl (C=O) groups excluding carboxylic acids is 1. The lowest BCUT2D eigenvalue weighted by atomic mass is 10.2. The second-order valence-corrected chi connectivity index (χ2v) is 7.81. The zero-order valence-corrected chi connectivity index (χ0v) is 17.6. The molecule has 1 N–H and O–H groups in total. The summed E-state index contributed by atoms with van der Waals surface area (Å²) in [5, 5.41) is 6.65. The van der Waals surface area contributed by atoms with E-state index in [1.165, 1.54) is 6.07 Å². The van der Waals surface area contributed by atoms with Gasteiger partial charge < -0.3 is 14.7 Å². The number of nitrogens with zero attached hydrogens (tertiary/aromatic N) is 5. The predicted octanol–water partition coefficient (Wildman–Crippen LogP) is 3.15. The number of carbonyl (C=O) groups is 1. The average molecular weight is 424 g/mol. The molecule has 0 bridgehead atoms. The maximum absolute atomic E-state index is 13.7. The Labute approximate surface area is 180 Å². The molecule has 0 aliphatic carbocycles. The monoisotopic (exact) mass is 424 g/mol. The molecule has 0 radical (unpaired) electrons. The number of amides is 1. The Morgan fingerprint density at radius 1 is 1.19 bits per heavy atom. The molecule has 1 aromatic carbocycles. The fraction of sp³-hybridized carbons (Fsp3) is 0.364. The van der Waals surface area contributed by atoms with E-state index in [1.807, 2.05) is 30.9 Å². The van der Waals surface area contributed by atoms with Crippen LogP contribution in [0.3, 0.4) is 0 Å². The van der Waals surface area contributed by atoms with Gasteiger partial charge in [0.05, 0.1) is 12.2 Å². The molecular formula is C22H25FN6O2. The molecule has 31 heavy (non-hydrogen) atoms. The lowest BCUT2D eigenvalue weighted by Crippen LogP contribution is -2.49. The van der Waals surface area contributed by atoms with Crippen LogP contribution in [0.1, 0.15) is 25.6 Å². The molecule has 1 saturated heterocycles. The number of anilines is 2. The number of piperazine rings is 1. The van der Waals surface area contributed by atoms with Crippen molar-refractivity contribution in [3.05, 3.63) is 54.2 Å². The zero-order valence-electron chi connectivity index (χ0n) is 17.6. The summed E-state index contributed by atoms with van der Waals surface area (Å²) in [6, 6.07) is 9.96. The first-order valence-corrected chi connectivity index (χ1v) is 10.3. The third-order valence-electron chi connectivity index (χ3n) is 5.16. The van der Waals surface area contributed by atoms with Crippen LogP contribution in [0.2, 0.25) is 0 Å². The summed E-state index contributed by atoms with van der Waals surface area (Å²) in [5.41, 5.74) is 1.03. The molecule has 8 nitrogen and oxygen atoms in total. The lowest BCUT2D eigenvalue weighted by Gasteiger charge is -2.35. The SMILES string of the molecule is CC(C)c1noc(-c2ccnc(N3CCN(CC(=O)Nc4ccccc4F)CC3)c2)n1. The van der Waals surface area contributed by atoms with Crippen LogP contribution in [0, 0.1) is 5.82 Å². The molecule has 1 amide bonds. The molecule has 0 saturated carbocycles. The van der Waals surface area contributed by atoms with Crippen molar-refractivity contribution in [1.82, 2.24) is 20.0 Å². The fourth-order valence-electron chi connectivity index (χ4n) is 3.40. The summed E-state index contributed by atoms with van der Waals surface area (Å²) >= 11 is 0. The Balaban J connectivity index is 1.33. The van der Waals surface area contributed by atoms with Gasteiger partial charge in [0.25, 0.3) is 5.89 Å². The second kappa shape index (κ2) is 9.22. The minimum Gasteiger partial charge on any atom is -0.354 e. The van der Waals surface area contributed by atoms with Crippen molar-refractivity contribution in [3.63, 3.8) is 0 Å². The van der Waals surface area contributed by atoms with Crippen LogP contribution in [-0.4, -0.2) is 58.7 Å². The third kappa shape index (κ3) is 5.05. The molecule has 2 aromatic heterocycles. The van der Waals surface area contributed by atoms with E-state index in [1.54, 1.807) is 24.4 Å². The highest BCUT2D eigenvalue weighted by molar-refractivity contribution is 5.92. The first-order valence-electron chi connectivity index (χ1n) is 10.3. The summed E-state index contributed by atoms with van der Waals surface area (Å²) in [6.07, 6.45) is 1.73. The Kier molecular flexibility index (Phi) is 6.22. The van der Waals surface area contributed by atoms with Gasteiger partial charge in [-0.25, -0.2) is 9.37 Å². The van der Waals surface area contributed by atoms with Crippen molar-refractivity contribution < 1.29 is 13.7 Å². The van der Waals surface area contributed by atoms with Gasteiger partial charge in [0.2, 0.25) is 5.91 Å². The van der Waals surface area contributed by atoms with E-state index in [0.717, 1.165) is 24.5 Å². The quantitative estimate of drug-likeness (QED) is 0.650. The summed E-state index contributed by atoms with van der Waals surface area (Å²) < 4.78 is 19.1. The van der Waals surface area contributed by atoms with Gasteiger partial charge in [0.15, 0.2) is 5.82 Å². The Hall–Kier alpha value is -3.33.